The molecule has 1 aromatic rings. The maximum Gasteiger partial charge on any atom is 0.253 e. The van der Waals surface area contributed by atoms with Crippen molar-refractivity contribution in [1.82, 2.24) is 4.90 Å². The monoisotopic (exact) mass is 224 g/mol. The number of carbonyl (C=O) groups is 1. The maximum atomic E-state index is 11.8. The van der Waals surface area contributed by atoms with Gasteiger partial charge in [-0.2, -0.15) is 0 Å². The molecular weight excluding hydrogens is 208 g/mol. The number of nitrogens with zero attached hydrogens (tertiary/aromatic N) is 1. The molecule has 0 fully saturated rings. The van der Waals surface area contributed by atoms with Crippen LogP contribution in [0.4, 0.5) is 5.69 Å². The van der Waals surface area contributed by atoms with Gasteiger partial charge >= 0.3 is 0 Å². The second-order valence-electron chi connectivity index (χ2n) is 3.41. The van der Waals surface area contributed by atoms with E-state index < -0.39 is 0 Å². The van der Waals surface area contributed by atoms with E-state index in [1.165, 1.54) is 12.0 Å². The number of carbonyl (C=O) groups excluding carboxylic acids is 1. The second-order valence-corrected chi connectivity index (χ2v) is 3.41. The molecule has 3 N–H and O–H groups in total. The molecule has 0 bridgehead atoms. The molecule has 0 atom stereocenters. The molecule has 16 heavy (non-hydrogen) atoms. The van der Waals surface area contributed by atoms with Crippen LogP contribution in [0.3, 0.4) is 0 Å². The van der Waals surface area contributed by atoms with Crippen LogP contribution in [-0.4, -0.2) is 43.2 Å². The Hall–Kier alpha value is -1.75. The number of hydrogen-bond donors (Lipinski definition) is 2. The van der Waals surface area contributed by atoms with Gasteiger partial charge in [0.2, 0.25) is 0 Å². The Morgan fingerprint density at radius 1 is 1.56 bits per heavy atom. The number of ether oxygens (including phenoxy) is 1. The van der Waals surface area contributed by atoms with E-state index in [4.69, 9.17) is 15.6 Å². The molecule has 0 aromatic heterocycles. The second kappa shape index (κ2) is 5.37. The van der Waals surface area contributed by atoms with Gasteiger partial charge in [0.25, 0.3) is 5.91 Å². The number of aliphatic hydroxyl groups is 1. The predicted molar refractivity (Wildman–Crippen MR) is 61.5 cm³/mol. The van der Waals surface area contributed by atoms with Crippen molar-refractivity contribution in [3.63, 3.8) is 0 Å². The first-order valence-corrected chi connectivity index (χ1v) is 4.90. The Morgan fingerprint density at radius 3 is 2.75 bits per heavy atom. The molecule has 1 amide bonds. The van der Waals surface area contributed by atoms with Crippen LogP contribution in [0.1, 0.15) is 10.4 Å². The molecule has 5 heteroatoms. The van der Waals surface area contributed by atoms with E-state index in [1.807, 2.05) is 0 Å². The number of nitrogen functional groups attached to an aromatic ring is 1. The van der Waals surface area contributed by atoms with Gasteiger partial charge in [0.15, 0.2) is 0 Å². The number of aliphatic hydroxyl groups excluding tert-OH is 1. The Balaban J connectivity index is 2.88. The summed E-state index contributed by atoms with van der Waals surface area (Å²) in [5, 5.41) is 8.73. The number of anilines is 1. The summed E-state index contributed by atoms with van der Waals surface area (Å²) in [6.45, 7) is 0.235. The molecule has 0 aliphatic heterocycles. The lowest BCUT2D eigenvalue weighted by atomic mass is 10.1. The van der Waals surface area contributed by atoms with Gasteiger partial charge in [-0.1, -0.05) is 0 Å². The fourth-order valence-electron chi connectivity index (χ4n) is 1.34. The lowest BCUT2D eigenvalue weighted by Crippen LogP contribution is -2.29. The molecule has 0 unspecified atom stereocenters. The Labute approximate surface area is 94.4 Å². The number of likely N-dealkylation sites (N-methyl/N-ethyl adjacent to an activating group) is 1. The average molecular weight is 224 g/mol. The number of methoxy groups -OCH3 is 1. The summed E-state index contributed by atoms with van der Waals surface area (Å²) in [5.41, 5.74) is 6.60. The standard InChI is InChI=1S/C11H16N2O3/c1-13(5-6-14)11(15)8-3-4-10(16-2)9(12)7-8/h3-4,7,14H,5-6,12H2,1-2H3. The molecule has 5 nitrogen and oxygen atoms in total. The number of rotatable bonds is 4. The molecule has 0 saturated heterocycles. The molecule has 0 aliphatic carbocycles. The summed E-state index contributed by atoms with van der Waals surface area (Å²) < 4.78 is 5.00. The van der Waals surface area contributed by atoms with E-state index in [0.717, 1.165) is 0 Å². The van der Waals surface area contributed by atoms with E-state index in [9.17, 15) is 4.79 Å². The number of amides is 1. The van der Waals surface area contributed by atoms with Gasteiger partial charge in [-0.15, -0.1) is 0 Å². The first-order chi connectivity index (χ1) is 7.60. The molecule has 0 aliphatic rings. The summed E-state index contributed by atoms with van der Waals surface area (Å²) in [4.78, 5) is 13.2. The highest BCUT2D eigenvalue weighted by Gasteiger charge is 2.12. The number of benzene rings is 1. The third-order valence-corrected chi connectivity index (χ3v) is 2.26. The Morgan fingerprint density at radius 2 is 2.25 bits per heavy atom. The molecule has 0 saturated carbocycles. The van der Waals surface area contributed by atoms with Crippen LogP contribution in [0.2, 0.25) is 0 Å². The Kier molecular flexibility index (Phi) is 4.13. The van der Waals surface area contributed by atoms with Gasteiger partial charge in [-0.3, -0.25) is 4.79 Å². The fraction of sp³-hybridized carbons (Fsp3) is 0.364. The van der Waals surface area contributed by atoms with Crippen molar-refractivity contribution in [1.29, 1.82) is 0 Å². The highest BCUT2D eigenvalue weighted by atomic mass is 16.5. The maximum absolute atomic E-state index is 11.8. The van der Waals surface area contributed by atoms with Crippen LogP contribution in [-0.2, 0) is 0 Å². The zero-order valence-corrected chi connectivity index (χ0v) is 9.43. The molecule has 88 valence electrons. The third-order valence-electron chi connectivity index (χ3n) is 2.26. The number of hydrogen-bond acceptors (Lipinski definition) is 4. The fourth-order valence-corrected chi connectivity index (χ4v) is 1.34. The summed E-state index contributed by atoms with van der Waals surface area (Å²) >= 11 is 0. The summed E-state index contributed by atoms with van der Waals surface area (Å²) in [7, 11) is 3.14. The quantitative estimate of drug-likeness (QED) is 0.723. The van der Waals surface area contributed by atoms with Gasteiger partial charge < -0.3 is 20.5 Å². The lowest BCUT2D eigenvalue weighted by molar-refractivity contribution is 0.0767. The molecule has 1 aromatic carbocycles. The van der Waals surface area contributed by atoms with Crippen molar-refractivity contribution in [2.45, 2.75) is 0 Å². The van der Waals surface area contributed by atoms with E-state index in [1.54, 1.807) is 25.2 Å². The minimum Gasteiger partial charge on any atom is -0.495 e. The first kappa shape index (κ1) is 12.3. The first-order valence-electron chi connectivity index (χ1n) is 4.90. The molecule has 0 spiro atoms. The summed E-state index contributed by atoms with van der Waals surface area (Å²) in [5.74, 6) is 0.366. The summed E-state index contributed by atoms with van der Waals surface area (Å²) in [6, 6.07) is 4.86. The van der Waals surface area contributed by atoms with Gasteiger partial charge in [0.05, 0.1) is 19.4 Å². The highest BCUT2D eigenvalue weighted by molar-refractivity contribution is 5.95. The van der Waals surface area contributed by atoms with Crippen LogP contribution in [0.15, 0.2) is 18.2 Å². The topological polar surface area (TPSA) is 75.8 Å². The van der Waals surface area contributed by atoms with Crippen molar-refractivity contribution in [2.75, 3.05) is 33.0 Å². The van der Waals surface area contributed by atoms with Crippen molar-refractivity contribution in [3.05, 3.63) is 23.8 Å². The molecule has 0 heterocycles. The minimum absolute atomic E-state index is 0.0616. The van der Waals surface area contributed by atoms with Crippen LogP contribution in [0.5, 0.6) is 5.75 Å². The lowest BCUT2D eigenvalue weighted by Gasteiger charge is -2.16. The van der Waals surface area contributed by atoms with Crippen LogP contribution < -0.4 is 10.5 Å². The minimum atomic E-state index is -0.177. The van der Waals surface area contributed by atoms with Crippen LogP contribution in [0, 0.1) is 0 Å². The zero-order chi connectivity index (χ0) is 12.1. The van der Waals surface area contributed by atoms with Crippen molar-refractivity contribution in [3.8, 4) is 5.75 Å². The smallest absolute Gasteiger partial charge is 0.253 e. The molecular formula is C11H16N2O3. The van der Waals surface area contributed by atoms with E-state index in [0.29, 0.717) is 23.5 Å². The zero-order valence-electron chi connectivity index (χ0n) is 9.43. The number of nitrogens with two attached hydrogens (primary N) is 1. The van der Waals surface area contributed by atoms with Crippen molar-refractivity contribution in [2.24, 2.45) is 0 Å². The highest BCUT2D eigenvalue weighted by Crippen LogP contribution is 2.22. The van der Waals surface area contributed by atoms with E-state index in [-0.39, 0.29) is 12.5 Å². The third kappa shape index (κ3) is 2.64. The van der Waals surface area contributed by atoms with Crippen molar-refractivity contribution >= 4 is 11.6 Å². The normalized spacial score (nSPS) is 9.94. The van der Waals surface area contributed by atoms with Crippen molar-refractivity contribution < 1.29 is 14.6 Å². The average Bonchev–Trinajstić information content (AvgIpc) is 2.28. The van der Waals surface area contributed by atoms with E-state index in [2.05, 4.69) is 0 Å². The van der Waals surface area contributed by atoms with Crippen LogP contribution in [0.25, 0.3) is 0 Å². The van der Waals surface area contributed by atoms with Gasteiger partial charge in [-0.05, 0) is 18.2 Å². The van der Waals surface area contributed by atoms with Gasteiger partial charge in [0.1, 0.15) is 5.75 Å². The summed E-state index contributed by atoms with van der Waals surface area (Å²) in [6.07, 6.45) is 0. The SMILES string of the molecule is COc1ccc(C(=O)N(C)CCO)cc1N. The largest absolute Gasteiger partial charge is 0.495 e. The predicted octanol–water partition coefficient (Wildman–Crippen LogP) is 0.342. The molecule has 1 rings (SSSR count). The van der Waals surface area contributed by atoms with Crippen LogP contribution >= 0.6 is 0 Å². The van der Waals surface area contributed by atoms with E-state index >= 15 is 0 Å². The van der Waals surface area contributed by atoms with Gasteiger partial charge in [-0.25, -0.2) is 0 Å². The molecule has 0 radical (unpaired) electrons. The Bertz CT molecular complexity index is 379. The van der Waals surface area contributed by atoms with Gasteiger partial charge in [0, 0.05) is 19.2 Å².